The number of aryl methyl sites for hydroxylation is 2. The first-order valence-corrected chi connectivity index (χ1v) is 8.66. The lowest BCUT2D eigenvalue weighted by atomic mass is 10.4. The normalized spacial score (nSPS) is 16.9. The standard InChI is InChI=1S/C12H20N2O3S2.ClH/c1-10-9-12(11(2)18-10)19(15,16)13-3-4-14-5-7-17-8-6-14;/h9,13H,3-8H2,1-2H3;1H. The topological polar surface area (TPSA) is 58.6 Å². The molecule has 0 saturated carbocycles. The second-order valence-electron chi connectivity index (χ2n) is 4.63. The average molecular weight is 341 g/mol. The second kappa shape index (κ2) is 7.72. The van der Waals surface area contributed by atoms with E-state index in [1.165, 1.54) is 11.3 Å². The number of hydrogen-bond acceptors (Lipinski definition) is 5. The second-order valence-corrected chi connectivity index (χ2v) is 7.83. The molecule has 0 aliphatic carbocycles. The molecule has 0 bridgehead atoms. The summed E-state index contributed by atoms with van der Waals surface area (Å²) in [6, 6.07) is 1.73. The highest BCUT2D eigenvalue weighted by molar-refractivity contribution is 7.89. The molecule has 0 amide bonds. The highest BCUT2D eigenvalue weighted by Gasteiger charge is 2.19. The van der Waals surface area contributed by atoms with Crippen molar-refractivity contribution in [2.24, 2.45) is 0 Å². The predicted octanol–water partition coefficient (Wildman–Crippen LogP) is 1.40. The molecule has 1 fully saturated rings. The fourth-order valence-electron chi connectivity index (χ4n) is 2.11. The molecule has 1 N–H and O–H groups in total. The Balaban J connectivity index is 0.00000200. The van der Waals surface area contributed by atoms with Gasteiger partial charge in [0.2, 0.25) is 10.0 Å². The minimum absolute atomic E-state index is 0. The number of hydrogen-bond donors (Lipinski definition) is 1. The van der Waals surface area contributed by atoms with Crippen LogP contribution in [0.25, 0.3) is 0 Å². The van der Waals surface area contributed by atoms with Crippen molar-refractivity contribution in [2.75, 3.05) is 39.4 Å². The maximum atomic E-state index is 12.2. The van der Waals surface area contributed by atoms with Gasteiger partial charge in [-0.25, -0.2) is 13.1 Å². The van der Waals surface area contributed by atoms with Gasteiger partial charge in [-0.1, -0.05) is 0 Å². The van der Waals surface area contributed by atoms with Crippen molar-refractivity contribution >= 4 is 33.8 Å². The molecule has 1 aliphatic rings. The molecule has 8 heteroatoms. The first kappa shape index (κ1) is 17.9. The van der Waals surface area contributed by atoms with Gasteiger partial charge < -0.3 is 4.74 Å². The minimum Gasteiger partial charge on any atom is -0.379 e. The van der Waals surface area contributed by atoms with Crippen LogP contribution < -0.4 is 4.72 Å². The van der Waals surface area contributed by atoms with Crippen molar-refractivity contribution in [3.8, 4) is 0 Å². The van der Waals surface area contributed by atoms with Crippen LogP contribution in [0.15, 0.2) is 11.0 Å². The fourth-order valence-corrected chi connectivity index (χ4v) is 4.69. The van der Waals surface area contributed by atoms with Crippen LogP contribution in [0, 0.1) is 13.8 Å². The summed E-state index contributed by atoms with van der Waals surface area (Å²) in [5.74, 6) is 0. The number of sulfonamides is 1. The Bertz CT molecular complexity index is 525. The van der Waals surface area contributed by atoms with Crippen LogP contribution in [0.5, 0.6) is 0 Å². The Labute approximate surface area is 130 Å². The van der Waals surface area contributed by atoms with Crippen LogP contribution in [0.2, 0.25) is 0 Å². The molecule has 0 radical (unpaired) electrons. The monoisotopic (exact) mass is 340 g/mol. The summed E-state index contributed by atoms with van der Waals surface area (Å²) in [6.45, 7) is 8.14. The number of nitrogens with one attached hydrogen (secondary N) is 1. The lowest BCUT2D eigenvalue weighted by Gasteiger charge is -2.26. The van der Waals surface area contributed by atoms with Crippen molar-refractivity contribution in [1.82, 2.24) is 9.62 Å². The van der Waals surface area contributed by atoms with Gasteiger partial charge in [-0.05, 0) is 19.9 Å². The molecule has 0 spiro atoms. The van der Waals surface area contributed by atoms with Crippen LogP contribution in [0.1, 0.15) is 9.75 Å². The first-order valence-electron chi connectivity index (χ1n) is 6.36. The van der Waals surface area contributed by atoms with Gasteiger partial charge in [0.05, 0.1) is 18.1 Å². The van der Waals surface area contributed by atoms with E-state index in [-0.39, 0.29) is 12.4 Å². The van der Waals surface area contributed by atoms with E-state index in [2.05, 4.69) is 9.62 Å². The Hall–Kier alpha value is -0.180. The zero-order chi connectivity index (χ0) is 13.9. The zero-order valence-electron chi connectivity index (χ0n) is 11.7. The smallest absolute Gasteiger partial charge is 0.241 e. The summed E-state index contributed by atoms with van der Waals surface area (Å²) in [5.41, 5.74) is 0. The van der Waals surface area contributed by atoms with Gasteiger partial charge in [0.15, 0.2) is 0 Å². The van der Waals surface area contributed by atoms with Gasteiger partial charge in [-0.15, -0.1) is 23.7 Å². The number of ether oxygens (including phenoxy) is 1. The van der Waals surface area contributed by atoms with E-state index >= 15 is 0 Å². The van der Waals surface area contributed by atoms with Gasteiger partial charge in [-0.2, -0.15) is 0 Å². The van der Waals surface area contributed by atoms with Gasteiger partial charge in [0.25, 0.3) is 0 Å². The highest BCUT2D eigenvalue weighted by atomic mass is 35.5. The van der Waals surface area contributed by atoms with Crippen LogP contribution in [0.4, 0.5) is 0 Å². The molecule has 1 aromatic heterocycles. The van der Waals surface area contributed by atoms with Gasteiger partial charge in [-0.3, -0.25) is 4.90 Å². The molecule has 0 aromatic carbocycles. The molecule has 116 valence electrons. The fraction of sp³-hybridized carbons (Fsp3) is 0.667. The molecule has 1 aliphatic heterocycles. The maximum Gasteiger partial charge on any atom is 0.241 e. The maximum absolute atomic E-state index is 12.2. The van der Waals surface area contributed by atoms with Crippen LogP contribution in [0.3, 0.4) is 0 Å². The Morgan fingerprint density at radius 1 is 1.35 bits per heavy atom. The molecular formula is C12H21ClN2O3S2. The third-order valence-corrected chi connectivity index (χ3v) is 5.79. The summed E-state index contributed by atoms with van der Waals surface area (Å²) in [5, 5.41) is 0. The zero-order valence-corrected chi connectivity index (χ0v) is 14.2. The average Bonchev–Trinajstić information content (AvgIpc) is 2.70. The molecule has 2 heterocycles. The summed E-state index contributed by atoms with van der Waals surface area (Å²) in [6.07, 6.45) is 0. The van der Waals surface area contributed by atoms with E-state index in [4.69, 9.17) is 4.74 Å². The number of halogens is 1. The summed E-state index contributed by atoms with van der Waals surface area (Å²) >= 11 is 1.51. The molecule has 5 nitrogen and oxygen atoms in total. The summed E-state index contributed by atoms with van der Waals surface area (Å²) < 4.78 is 32.2. The first-order chi connectivity index (χ1) is 8.99. The quantitative estimate of drug-likeness (QED) is 0.880. The van der Waals surface area contributed by atoms with Gasteiger partial charge in [0.1, 0.15) is 0 Å². The van der Waals surface area contributed by atoms with E-state index < -0.39 is 10.0 Å². The van der Waals surface area contributed by atoms with Crippen LogP contribution in [-0.4, -0.2) is 52.7 Å². The van der Waals surface area contributed by atoms with E-state index in [1.54, 1.807) is 6.07 Å². The van der Waals surface area contributed by atoms with E-state index in [1.807, 2.05) is 13.8 Å². The molecule has 1 saturated heterocycles. The number of morpholine rings is 1. The summed E-state index contributed by atoms with van der Waals surface area (Å²) in [7, 11) is -3.37. The Kier molecular flexibility index (Phi) is 6.90. The highest BCUT2D eigenvalue weighted by Crippen LogP contribution is 2.24. The molecule has 0 unspecified atom stereocenters. The summed E-state index contributed by atoms with van der Waals surface area (Å²) in [4.78, 5) is 4.48. The minimum atomic E-state index is -3.37. The van der Waals surface area contributed by atoms with Crippen molar-refractivity contribution in [3.05, 3.63) is 15.8 Å². The van der Waals surface area contributed by atoms with Gasteiger partial charge >= 0.3 is 0 Å². The van der Waals surface area contributed by atoms with Crippen molar-refractivity contribution in [3.63, 3.8) is 0 Å². The van der Waals surface area contributed by atoms with E-state index in [0.717, 1.165) is 42.6 Å². The number of thiophene rings is 1. The lowest BCUT2D eigenvalue weighted by molar-refractivity contribution is 0.0390. The molecule has 2 rings (SSSR count). The lowest BCUT2D eigenvalue weighted by Crippen LogP contribution is -2.41. The van der Waals surface area contributed by atoms with Crippen LogP contribution >= 0.6 is 23.7 Å². The third-order valence-electron chi connectivity index (χ3n) is 3.11. The van der Waals surface area contributed by atoms with Crippen molar-refractivity contribution in [2.45, 2.75) is 18.7 Å². The van der Waals surface area contributed by atoms with E-state index in [0.29, 0.717) is 11.4 Å². The van der Waals surface area contributed by atoms with Crippen LogP contribution in [-0.2, 0) is 14.8 Å². The molecule has 20 heavy (non-hydrogen) atoms. The van der Waals surface area contributed by atoms with Gasteiger partial charge in [0, 0.05) is 35.9 Å². The predicted molar refractivity (Wildman–Crippen MR) is 83.5 cm³/mol. The number of rotatable bonds is 5. The van der Waals surface area contributed by atoms with E-state index in [9.17, 15) is 8.42 Å². The van der Waals surface area contributed by atoms with Crippen molar-refractivity contribution in [1.29, 1.82) is 0 Å². The SMILES string of the molecule is Cc1cc(S(=O)(=O)NCCN2CCOCC2)c(C)s1.Cl. The Morgan fingerprint density at radius 3 is 2.55 bits per heavy atom. The molecule has 0 atom stereocenters. The van der Waals surface area contributed by atoms with Crippen molar-refractivity contribution < 1.29 is 13.2 Å². The number of nitrogens with zero attached hydrogens (tertiary/aromatic N) is 1. The molecule has 1 aromatic rings. The molecular weight excluding hydrogens is 320 g/mol. The largest absolute Gasteiger partial charge is 0.379 e. The third kappa shape index (κ3) is 4.68. The Morgan fingerprint density at radius 2 is 2.00 bits per heavy atom.